The summed E-state index contributed by atoms with van der Waals surface area (Å²) in [6.45, 7) is 20.8. The van der Waals surface area contributed by atoms with Crippen molar-refractivity contribution >= 4 is 0 Å². The van der Waals surface area contributed by atoms with Gasteiger partial charge in [0.05, 0.1) is 0 Å². The van der Waals surface area contributed by atoms with Crippen LogP contribution in [0.2, 0.25) is 0 Å². The smallest absolute Gasteiger partial charge is 0.0266 e. The fourth-order valence-corrected chi connectivity index (χ4v) is 2.86. The molecule has 0 N–H and O–H groups in total. The highest BCUT2D eigenvalue weighted by molar-refractivity contribution is 5.44. The van der Waals surface area contributed by atoms with Crippen molar-refractivity contribution in [2.24, 2.45) is 7.05 Å². The van der Waals surface area contributed by atoms with Gasteiger partial charge in [-0.25, -0.2) is 0 Å². The maximum Gasteiger partial charge on any atom is 0.0266 e. The molecule has 0 atom stereocenters. The van der Waals surface area contributed by atoms with Crippen LogP contribution in [0.15, 0.2) is 6.20 Å². The largest absolute Gasteiger partial charge is 0.353 e. The van der Waals surface area contributed by atoms with Gasteiger partial charge in [0, 0.05) is 24.4 Å². The molecule has 0 bridgehead atoms. The van der Waals surface area contributed by atoms with Crippen molar-refractivity contribution in [3.8, 4) is 0 Å². The first-order chi connectivity index (χ1) is 7.76. The third kappa shape index (κ3) is 2.81. The molecule has 18 heavy (non-hydrogen) atoms. The van der Waals surface area contributed by atoms with E-state index < -0.39 is 0 Å². The Morgan fingerprint density at radius 2 is 1.17 bits per heavy atom. The van der Waals surface area contributed by atoms with Crippen molar-refractivity contribution in [3.63, 3.8) is 0 Å². The highest BCUT2D eigenvalue weighted by Gasteiger charge is 2.34. The highest BCUT2D eigenvalue weighted by atomic mass is 15.0. The molecule has 0 radical (unpaired) electrons. The molecule has 1 aromatic heterocycles. The monoisotopic (exact) mass is 249 g/mol. The Bertz CT molecular complexity index is 428. The quantitative estimate of drug-likeness (QED) is 0.615. The first-order valence-electron chi connectivity index (χ1n) is 6.97. The van der Waals surface area contributed by atoms with E-state index in [-0.39, 0.29) is 16.2 Å². The standard InChI is InChI=1S/C17H31N/c1-15(2,3)12-11-18(10)14(17(7,8)9)13(12)16(4,5)6/h11H,1-10H3. The van der Waals surface area contributed by atoms with Gasteiger partial charge in [-0.05, 0) is 22.0 Å². The number of rotatable bonds is 0. The molecule has 0 spiro atoms. The Balaban J connectivity index is 3.70. The average molecular weight is 249 g/mol. The second-order valence-corrected chi connectivity index (χ2v) is 8.63. The summed E-state index contributed by atoms with van der Waals surface area (Å²) in [5.74, 6) is 0. The Labute approximate surface area is 114 Å². The molecule has 1 heteroatoms. The van der Waals surface area contributed by atoms with Crippen LogP contribution in [-0.4, -0.2) is 4.57 Å². The zero-order valence-electron chi connectivity index (χ0n) is 14.0. The molecule has 0 saturated carbocycles. The first-order valence-corrected chi connectivity index (χ1v) is 6.97. The Hall–Kier alpha value is -0.720. The summed E-state index contributed by atoms with van der Waals surface area (Å²) in [7, 11) is 2.19. The van der Waals surface area contributed by atoms with Gasteiger partial charge < -0.3 is 4.57 Å². The fourth-order valence-electron chi connectivity index (χ4n) is 2.86. The molecule has 0 saturated heterocycles. The van der Waals surface area contributed by atoms with Gasteiger partial charge in [-0.3, -0.25) is 0 Å². The minimum Gasteiger partial charge on any atom is -0.353 e. The van der Waals surface area contributed by atoms with E-state index >= 15 is 0 Å². The van der Waals surface area contributed by atoms with Gasteiger partial charge >= 0.3 is 0 Å². The van der Waals surface area contributed by atoms with Gasteiger partial charge in [0.15, 0.2) is 0 Å². The third-order valence-corrected chi connectivity index (χ3v) is 3.45. The molecule has 1 nitrogen and oxygen atoms in total. The highest BCUT2D eigenvalue weighted by Crippen LogP contribution is 2.41. The Kier molecular flexibility index (Phi) is 3.53. The molecular weight excluding hydrogens is 218 g/mol. The van der Waals surface area contributed by atoms with Gasteiger partial charge in [-0.2, -0.15) is 0 Å². The van der Waals surface area contributed by atoms with Crippen molar-refractivity contribution in [1.29, 1.82) is 0 Å². The van der Waals surface area contributed by atoms with Crippen LogP contribution >= 0.6 is 0 Å². The predicted molar refractivity (Wildman–Crippen MR) is 81.5 cm³/mol. The number of hydrogen-bond donors (Lipinski definition) is 0. The summed E-state index contributed by atoms with van der Waals surface area (Å²) in [5, 5.41) is 0. The molecule has 1 aromatic rings. The van der Waals surface area contributed by atoms with Crippen molar-refractivity contribution in [2.75, 3.05) is 0 Å². The first kappa shape index (κ1) is 15.3. The summed E-state index contributed by atoms with van der Waals surface area (Å²) in [5.41, 5.74) is 5.06. The predicted octanol–water partition coefficient (Wildman–Crippen LogP) is 4.92. The van der Waals surface area contributed by atoms with Gasteiger partial charge in [-0.15, -0.1) is 0 Å². The summed E-state index contributed by atoms with van der Waals surface area (Å²) in [6, 6.07) is 0. The number of hydrogen-bond acceptors (Lipinski definition) is 0. The summed E-state index contributed by atoms with van der Waals surface area (Å²) in [6.07, 6.45) is 2.33. The molecule has 0 amide bonds. The normalized spacial score (nSPS) is 14.1. The SMILES string of the molecule is Cn1cc(C(C)(C)C)c(C(C)(C)C)c1C(C)(C)C. The fraction of sp³-hybridized carbons (Fsp3) is 0.765. The molecule has 0 aliphatic heterocycles. The van der Waals surface area contributed by atoms with Crippen molar-refractivity contribution in [2.45, 2.75) is 78.6 Å². The van der Waals surface area contributed by atoms with Crippen molar-refractivity contribution < 1.29 is 0 Å². The summed E-state index contributed by atoms with van der Waals surface area (Å²) >= 11 is 0. The average Bonchev–Trinajstić information content (AvgIpc) is 2.39. The lowest BCUT2D eigenvalue weighted by atomic mass is 9.73. The zero-order valence-corrected chi connectivity index (χ0v) is 14.0. The van der Waals surface area contributed by atoms with Crippen LogP contribution in [0.25, 0.3) is 0 Å². The number of nitrogens with zero attached hydrogens (tertiary/aromatic N) is 1. The lowest BCUT2D eigenvalue weighted by Crippen LogP contribution is -2.26. The maximum atomic E-state index is 2.33. The minimum absolute atomic E-state index is 0.181. The van der Waals surface area contributed by atoms with Crippen LogP contribution in [0.1, 0.15) is 79.1 Å². The summed E-state index contributed by atoms with van der Waals surface area (Å²) < 4.78 is 2.33. The Morgan fingerprint density at radius 1 is 0.722 bits per heavy atom. The molecule has 0 fully saturated rings. The van der Waals surface area contributed by atoms with Gasteiger partial charge in [0.2, 0.25) is 0 Å². The number of aryl methyl sites for hydroxylation is 1. The van der Waals surface area contributed by atoms with E-state index in [0.29, 0.717) is 0 Å². The maximum absolute atomic E-state index is 2.33. The lowest BCUT2D eigenvalue weighted by molar-refractivity contribution is 0.490. The Morgan fingerprint density at radius 3 is 1.44 bits per heavy atom. The van der Waals surface area contributed by atoms with Crippen LogP contribution in [0.3, 0.4) is 0 Å². The van der Waals surface area contributed by atoms with Crippen LogP contribution in [0.4, 0.5) is 0 Å². The van der Waals surface area contributed by atoms with E-state index in [0.717, 1.165) is 0 Å². The molecule has 0 aliphatic carbocycles. The molecule has 0 unspecified atom stereocenters. The molecule has 0 aromatic carbocycles. The van der Waals surface area contributed by atoms with Gasteiger partial charge in [-0.1, -0.05) is 62.3 Å². The van der Waals surface area contributed by atoms with E-state index in [2.05, 4.69) is 80.1 Å². The molecule has 0 aliphatic rings. The molecule has 104 valence electrons. The van der Waals surface area contributed by atoms with Crippen LogP contribution < -0.4 is 0 Å². The van der Waals surface area contributed by atoms with Gasteiger partial charge in [0.1, 0.15) is 0 Å². The second kappa shape index (κ2) is 4.15. The topological polar surface area (TPSA) is 4.93 Å². The van der Waals surface area contributed by atoms with Crippen molar-refractivity contribution in [3.05, 3.63) is 23.0 Å². The zero-order chi connectivity index (χ0) is 14.5. The lowest BCUT2D eigenvalue weighted by Gasteiger charge is -2.32. The molecular formula is C17H31N. The second-order valence-electron chi connectivity index (χ2n) is 8.63. The van der Waals surface area contributed by atoms with E-state index in [1.807, 2.05) is 0 Å². The van der Waals surface area contributed by atoms with Gasteiger partial charge in [0.25, 0.3) is 0 Å². The van der Waals surface area contributed by atoms with Crippen molar-refractivity contribution in [1.82, 2.24) is 4.57 Å². The third-order valence-electron chi connectivity index (χ3n) is 3.45. The van der Waals surface area contributed by atoms with E-state index in [1.165, 1.54) is 16.8 Å². The molecule has 1 heterocycles. The van der Waals surface area contributed by atoms with E-state index in [4.69, 9.17) is 0 Å². The van der Waals surface area contributed by atoms with Crippen LogP contribution in [0, 0.1) is 0 Å². The number of aromatic nitrogens is 1. The van der Waals surface area contributed by atoms with E-state index in [1.54, 1.807) is 0 Å². The molecule has 1 rings (SSSR count). The van der Waals surface area contributed by atoms with Crippen LogP contribution in [0.5, 0.6) is 0 Å². The van der Waals surface area contributed by atoms with Crippen LogP contribution in [-0.2, 0) is 23.3 Å². The summed E-state index contributed by atoms with van der Waals surface area (Å²) in [4.78, 5) is 0. The van der Waals surface area contributed by atoms with E-state index in [9.17, 15) is 0 Å². The minimum atomic E-state index is 0.181.